The zero-order chi connectivity index (χ0) is 22.8. The van der Waals surface area contributed by atoms with Crippen LogP contribution in [0.2, 0.25) is 0 Å². The first kappa shape index (κ1) is 23.3. The van der Waals surface area contributed by atoms with Gasteiger partial charge in [-0.2, -0.15) is 0 Å². The van der Waals surface area contributed by atoms with Gasteiger partial charge >= 0.3 is 6.09 Å². The first-order chi connectivity index (χ1) is 15.6. The van der Waals surface area contributed by atoms with Crippen LogP contribution in [0, 0.1) is 0 Å². The molecule has 0 saturated carbocycles. The van der Waals surface area contributed by atoms with E-state index in [4.69, 9.17) is 17.0 Å². The second-order valence-electron chi connectivity index (χ2n) is 7.39. The molecule has 1 amide bonds. The standard InChI is InChI=1S/C26H29N3O2S/c1-3-31-26(30)29-24(22-17-11-6-12-18-22)23(21-15-9-5-10-16-21)28-25(32)27-19(2)20-13-7-4-8-14-20/h4-19,23-24H,3H2,1-2H3,(H,29,30)(H2,27,28,32)/t19-,23-,24-/m0/s1. The molecule has 3 rings (SSSR count). The molecule has 0 spiro atoms. The van der Waals surface area contributed by atoms with Crippen LogP contribution in [0.4, 0.5) is 4.79 Å². The summed E-state index contributed by atoms with van der Waals surface area (Å²) in [6.45, 7) is 4.14. The SMILES string of the molecule is CCOC(=O)N[C@@H](c1ccccc1)[C@@H](NC(=S)N[C@@H](C)c1ccccc1)c1ccccc1. The summed E-state index contributed by atoms with van der Waals surface area (Å²) in [5.41, 5.74) is 3.08. The maximum absolute atomic E-state index is 12.4. The molecule has 0 aliphatic carbocycles. The van der Waals surface area contributed by atoms with Crippen molar-refractivity contribution < 1.29 is 9.53 Å². The highest BCUT2D eigenvalue weighted by Gasteiger charge is 2.28. The lowest BCUT2D eigenvalue weighted by Crippen LogP contribution is -2.45. The van der Waals surface area contributed by atoms with E-state index in [-0.39, 0.29) is 12.1 Å². The van der Waals surface area contributed by atoms with Crippen molar-refractivity contribution in [3.8, 4) is 0 Å². The molecule has 6 heteroatoms. The van der Waals surface area contributed by atoms with Crippen molar-refractivity contribution in [1.82, 2.24) is 16.0 Å². The summed E-state index contributed by atoms with van der Waals surface area (Å²) < 4.78 is 5.18. The lowest BCUT2D eigenvalue weighted by atomic mass is 9.93. The number of nitrogens with one attached hydrogen (secondary N) is 3. The van der Waals surface area contributed by atoms with Crippen LogP contribution in [-0.4, -0.2) is 17.8 Å². The summed E-state index contributed by atoms with van der Waals surface area (Å²) in [7, 11) is 0. The van der Waals surface area contributed by atoms with Crippen LogP contribution in [0.1, 0.15) is 48.7 Å². The molecule has 0 aromatic heterocycles. The Morgan fingerprint density at radius 2 is 1.19 bits per heavy atom. The topological polar surface area (TPSA) is 62.4 Å². The van der Waals surface area contributed by atoms with Crippen molar-refractivity contribution in [1.29, 1.82) is 0 Å². The first-order valence-corrected chi connectivity index (χ1v) is 11.1. The third kappa shape index (κ3) is 6.56. The number of carbonyl (C=O) groups is 1. The van der Waals surface area contributed by atoms with E-state index in [0.717, 1.165) is 16.7 Å². The molecule has 0 radical (unpaired) electrons. The van der Waals surface area contributed by atoms with Gasteiger partial charge in [0.05, 0.1) is 24.7 Å². The molecule has 0 aliphatic rings. The zero-order valence-electron chi connectivity index (χ0n) is 18.3. The zero-order valence-corrected chi connectivity index (χ0v) is 19.1. The van der Waals surface area contributed by atoms with Crippen LogP contribution in [0.15, 0.2) is 91.0 Å². The fraction of sp³-hybridized carbons (Fsp3) is 0.231. The molecule has 0 heterocycles. The fourth-order valence-electron chi connectivity index (χ4n) is 3.54. The van der Waals surface area contributed by atoms with Gasteiger partial charge in [-0.05, 0) is 42.8 Å². The Hall–Kier alpha value is -3.38. The number of thiocarbonyl (C=S) groups is 1. The maximum atomic E-state index is 12.4. The van der Waals surface area contributed by atoms with E-state index in [1.54, 1.807) is 6.92 Å². The highest BCUT2D eigenvalue weighted by atomic mass is 32.1. The third-order valence-corrected chi connectivity index (χ3v) is 5.37. The molecule has 0 fully saturated rings. The Morgan fingerprint density at radius 1 is 0.750 bits per heavy atom. The van der Waals surface area contributed by atoms with Gasteiger partial charge in [-0.25, -0.2) is 4.79 Å². The molecule has 3 aromatic rings. The van der Waals surface area contributed by atoms with Gasteiger partial charge in [0.1, 0.15) is 0 Å². The molecule has 0 unspecified atom stereocenters. The van der Waals surface area contributed by atoms with Crippen LogP contribution in [0.3, 0.4) is 0 Å². The molecule has 3 atom stereocenters. The van der Waals surface area contributed by atoms with Crippen molar-refractivity contribution in [3.05, 3.63) is 108 Å². The number of hydrogen-bond donors (Lipinski definition) is 3. The number of carbonyl (C=O) groups excluding carboxylic acids is 1. The Bertz CT molecular complexity index is 984. The van der Waals surface area contributed by atoms with Gasteiger partial charge in [0, 0.05) is 0 Å². The minimum atomic E-state index is -0.472. The van der Waals surface area contributed by atoms with Gasteiger partial charge in [0.25, 0.3) is 0 Å². The van der Waals surface area contributed by atoms with Crippen LogP contribution in [0.5, 0.6) is 0 Å². The highest BCUT2D eigenvalue weighted by molar-refractivity contribution is 7.80. The van der Waals surface area contributed by atoms with Gasteiger partial charge in [-0.1, -0.05) is 91.0 Å². The maximum Gasteiger partial charge on any atom is 0.407 e. The van der Waals surface area contributed by atoms with Crippen LogP contribution in [-0.2, 0) is 4.74 Å². The van der Waals surface area contributed by atoms with E-state index in [1.165, 1.54) is 0 Å². The Kier molecular flexibility index (Phi) is 8.63. The Labute approximate surface area is 195 Å². The monoisotopic (exact) mass is 447 g/mol. The molecule has 166 valence electrons. The molecule has 0 aliphatic heterocycles. The summed E-state index contributed by atoms with van der Waals surface area (Å²) >= 11 is 5.67. The second-order valence-corrected chi connectivity index (χ2v) is 7.80. The number of alkyl carbamates (subject to hydrolysis) is 1. The van der Waals surface area contributed by atoms with E-state index in [9.17, 15) is 4.79 Å². The van der Waals surface area contributed by atoms with Crippen molar-refractivity contribution in [2.24, 2.45) is 0 Å². The molecular weight excluding hydrogens is 418 g/mol. The number of hydrogen-bond acceptors (Lipinski definition) is 3. The van der Waals surface area contributed by atoms with Gasteiger partial charge in [0.15, 0.2) is 5.11 Å². The summed E-state index contributed by atoms with van der Waals surface area (Å²) in [5.74, 6) is 0. The van der Waals surface area contributed by atoms with Gasteiger partial charge in [0.2, 0.25) is 0 Å². The lowest BCUT2D eigenvalue weighted by molar-refractivity contribution is 0.145. The van der Waals surface area contributed by atoms with E-state index in [1.807, 2.05) is 78.9 Å². The molecule has 0 bridgehead atoms. The number of rotatable bonds is 8. The summed E-state index contributed by atoms with van der Waals surface area (Å²) in [6.07, 6.45) is -0.472. The third-order valence-electron chi connectivity index (χ3n) is 5.13. The summed E-state index contributed by atoms with van der Waals surface area (Å²) in [6, 6.07) is 29.2. The minimum absolute atomic E-state index is 0.0285. The molecule has 3 N–H and O–H groups in total. The number of benzene rings is 3. The van der Waals surface area contributed by atoms with Crippen LogP contribution < -0.4 is 16.0 Å². The summed E-state index contributed by atoms with van der Waals surface area (Å²) in [5, 5.41) is 10.3. The van der Waals surface area contributed by atoms with E-state index in [2.05, 4.69) is 35.0 Å². The Balaban J connectivity index is 1.87. The van der Waals surface area contributed by atoms with Crippen molar-refractivity contribution in [2.75, 3.05) is 6.61 Å². The number of ether oxygens (including phenoxy) is 1. The molecule has 0 saturated heterocycles. The predicted octanol–water partition coefficient (Wildman–Crippen LogP) is 5.44. The number of amides is 1. The van der Waals surface area contributed by atoms with E-state index >= 15 is 0 Å². The molecule has 32 heavy (non-hydrogen) atoms. The van der Waals surface area contributed by atoms with Gasteiger partial charge in [-0.15, -0.1) is 0 Å². The van der Waals surface area contributed by atoms with E-state index in [0.29, 0.717) is 11.7 Å². The average Bonchev–Trinajstić information content (AvgIpc) is 2.83. The van der Waals surface area contributed by atoms with Crippen molar-refractivity contribution in [3.63, 3.8) is 0 Å². The van der Waals surface area contributed by atoms with E-state index < -0.39 is 12.1 Å². The average molecular weight is 448 g/mol. The molecule has 5 nitrogen and oxygen atoms in total. The fourth-order valence-corrected chi connectivity index (χ4v) is 3.85. The predicted molar refractivity (Wildman–Crippen MR) is 132 cm³/mol. The van der Waals surface area contributed by atoms with Gasteiger partial charge < -0.3 is 20.7 Å². The summed E-state index contributed by atoms with van der Waals surface area (Å²) in [4.78, 5) is 12.4. The molecular formula is C26H29N3O2S. The van der Waals surface area contributed by atoms with Crippen molar-refractivity contribution in [2.45, 2.75) is 32.0 Å². The molecule has 3 aromatic carbocycles. The quantitative estimate of drug-likeness (QED) is 0.401. The minimum Gasteiger partial charge on any atom is -0.450 e. The van der Waals surface area contributed by atoms with Crippen molar-refractivity contribution >= 4 is 23.4 Å². The van der Waals surface area contributed by atoms with Crippen LogP contribution >= 0.6 is 12.2 Å². The normalized spacial score (nSPS) is 13.3. The Morgan fingerprint density at radius 3 is 1.66 bits per heavy atom. The largest absolute Gasteiger partial charge is 0.450 e. The highest BCUT2D eigenvalue weighted by Crippen LogP contribution is 2.29. The second kappa shape index (κ2) is 11.9. The first-order valence-electron chi connectivity index (χ1n) is 10.7. The van der Waals surface area contributed by atoms with Gasteiger partial charge in [-0.3, -0.25) is 0 Å². The smallest absolute Gasteiger partial charge is 0.407 e. The van der Waals surface area contributed by atoms with Crippen LogP contribution in [0.25, 0.3) is 0 Å². The lowest BCUT2D eigenvalue weighted by Gasteiger charge is -2.31.